The van der Waals surface area contributed by atoms with Crippen LogP contribution in [0.1, 0.15) is 36.1 Å². The van der Waals surface area contributed by atoms with E-state index in [-0.39, 0.29) is 21.3 Å². The van der Waals surface area contributed by atoms with Gasteiger partial charge in [0.2, 0.25) is 5.91 Å². The van der Waals surface area contributed by atoms with Crippen molar-refractivity contribution in [2.45, 2.75) is 43.9 Å². The first-order chi connectivity index (χ1) is 17.9. The number of rotatable bonds is 5. The highest BCUT2D eigenvalue weighted by molar-refractivity contribution is 7.95. The maximum atomic E-state index is 14.1. The molecule has 1 aromatic heterocycles. The summed E-state index contributed by atoms with van der Waals surface area (Å²) in [5.74, 6) is -1.64. The van der Waals surface area contributed by atoms with Gasteiger partial charge in [-0.15, -0.1) is 4.36 Å². The number of nitrogens with zero attached hydrogens (tertiary/aromatic N) is 3. The molecular weight excluding hydrogens is 508 g/mol. The SMILES string of the molecule is [2H]C([2H])([2H])c1nc(N(C)C(=O)Cc2ccc(-c3cc(F)ccc3F)cc2)sc1S(C)(=O)=NC(=O)OC(C)(C)C. The lowest BCUT2D eigenvalue weighted by molar-refractivity contribution is -0.117. The molecule has 36 heavy (non-hydrogen) atoms. The molecule has 1 heterocycles. The minimum absolute atomic E-state index is 0.0476. The zero-order valence-corrected chi connectivity index (χ0v) is 21.9. The van der Waals surface area contributed by atoms with E-state index in [1.807, 2.05) is 0 Å². The van der Waals surface area contributed by atoms with Crippen molar-refractivity contribution in [3.8, 4) is 11.1 Å². The summed E-state index contributed by atoms with van der Waals surface area (Å²) in [7, 11) is -2.20. The second kappa shape index (κ2) is 10.4. The summed E-state index contributed by atoms with van der Waals surface area (Å²) >= 11 is 0.683. The molecule has 0 aliphatic carbocycles. The van der Waals surface area contributed by atoms with Crippen molar-refractivity contribution < 1.29 is 31.4 Å². The van der Waals surface area contributed by atoms with Crippen molar-refractivity contribution in [2.24, 2.45) is 4.36 Å². The molecule has 1 unspecified atom stereocenters. The Labute approximate surface area is 217 Å². The van der Waals surface area contributed by atoms with E-state index >= 15 is 0 Å². The van der Waals surface area contributed by atoms with Crippen LogP contribution < -0.4 is 4.90 Å². The largest absolute Gasteiger partial charge is 0.442 e. The van der Waals surface area contributed by atoms with Gasteiger partial charge >= 0.3 is 6.09 Å². The van der Waals surface area contributed by atoms with E-state index in [1.165, 1.54) is 7.05 Å². The predicted octanol–water partition coefficient (Wildman–Crippen LogP) is 5.99. The Morgan fingerprint density at radius 3 is 2.47 bits per heavy atom. The molecule has 0 fully saturated rings. The van der Waals surface area contributed by atoms with Crippen molar-refractivity contribution in [1.29, 1.82) is 0 Å². The highest BCUT2D eigenvalue weighted by atomic mass is 32.2. The van der Waals surface area contributed by atoms with Gasteiger partial charge in [0, 0.05) is 23.0 Å². The number of anilines is 1. The number of aryl methyl sites for hydroxylation is 1. The molecule has 2 aromatic carbocycles. The molecule has 3 aromatic rings. The Bertz CT molecular complexity index is 1520. The third kappa shape index (κ3) is 6.73. The van der Waals surface area contributed by atoms with Gasteiger partial charge in [-0.3, -0.25) is 9.69 Å². The van der Waals surface area contributed by atoms with Crippen LogP contribution in [0.5, 0.6) is 0 Å². The highest BCUT2D eigenvalue weighted by Gasteiger charge is 2.24. The molecule has 1 atom stereocenters. The van der Waals surface area contributed by atoms with Crippen LogP contribution >= 0.6 is 11.3 Å². The number of likely N-dealkylation sites (N-methyl/N-ethyl adjacent to an activating group) is 1. The number of aromatic nitrogens is 1. The van der Waals surface area contributed by atoms with Crippen molar-refractivity contribution in [2.75, 3.05) is 18.2 Å². The van der Waals surface area contributed by atoms with Crippen LogP contribution in [-0.2, 0) is 25.7 Å². The first-order valence-corrected chi connectivity index (χ1v) is 13.4. The number of hydrogen-bond donors (Lipinski definition) is 0. The summed E-state index contributed by atoms with van der Waals surface area (Å²) in [5.41, 5.74) is -0.367. The second-order valence-corrected chi connectivity index (χ2v) is 12.4. The lowest BCUT2D eigenvalue weighted by atomic mass is 10.0. The van der Waals surface area contributed by atoms with E-state index in [4.69, 9.17) is 8.85 Å². The van der Waals surface area contributed by atoms with E-state index in [2.05, 4.69) is 9.35 Å². The maximum Gasteiger partial charge on any atom is 0.442 e. The summed E-state index contributed by atoms with van der Waals surface area (Å²) < 4.78 is 72.8. The molecule has 0 N–H and O–H groups in total. The molecule has 0 aliphatic heterocycles. The van der Waals surface area contributed by atoms with Gasteiger partial charge in [-0.05, 0) is 56.9 Å². The number of hydrogen-bond acceptors (Lipinski definition) is 6. The fraction of sp³-hybridized carbons (Fsp3) is 0.320. The van der Waals surface area contributed by atoms with Gasteiger partial charge in [0.15, 0.2) is 5.13 Å². The van der Waals surface area contributed by atoms with Crippen molar-refractivity contribution in [1.82, 2.24) is 4.98 Å². The average Bonchev–Trinajstić information content (AvgIpc) is 3.26. The summed E-state index contributed by atoms with van der Waals surface area (Å²) in [6, 6.07) is 9.41. The highest BCUT2D eigenvalue weighted by Crippen LogP contribution is 2.31. The Morgan fingerprint density at radius 2 is 1.86 bits per heavy atom. The average molecular weight is 539 g/mol. The van der Waals surface area contributed by atoms with Crippen molar-refractivity contribution >= 4 is 38.2 Å². The van der Waals surface area contributed by atoms with Gasteiger partial charge in [-0.2, -0.15) is 0 Å². The third-order valence-corrected chi connectivity index (χ3v) is 8.26. The predicted molar refractivity (Wildman–Crippen MR) is 137 cm³/mol. The number of carbonyl (C=O) groups excluding carboxylic acids is 2. The Kier molecular flexibility index (Phi) is 6.73. The Hall–Kier alpha value is -3.18. The van der Waals surface area contributed by atoms with Crippen LogP contribution in [0.15, 0.2) is 51.0 Å². The van der Waals surface area contributed by atoms with Gasteiger partial charge < -0.3 is 4.74 Å². The first-order valence-electron chi connectivity index (χ1n) is 12.1. The van der Waals surface area contributed by atoms with Gasteiger partial charge in [-0.1, -0.05) is 35.6 Å². The van der Waals surface area contributed by atoms with E-state index in [0.717, 1.165) is 29.4 Å². The van der Waals surface area contributed by atoms with Crippen molar-refractivity contribution in [3.63, 3.8) is 0 Å². The molecule has 0 spiro atoms. The molecule has 7 nitrogen and oxygen atoms in total. The first kappa shape index (κ1) is 23.2. The summed E-state index contributed by atoms with van der Waals surface area (Å²) in [4.78, 5) is 30.4. The smallest absolute Gasteiger partial charge is 0.442 e. The van der Waals surface area contributed by atoms with E-state index in [1.54, 1.807) is 45.0 Å². The summed E-state index contributed by atoms with van der Waals surface area (Å²) in [6.07, 6.45) is -0.134. The van der Waals surface area contributed by atoms with E-state index < -0.39 is 51.5 Å². The standard InChI is InChI=1S/C25H27F2N3O4S2/c1-15-22(36(6,33)29-24(32)34-25(2,3)4)35-23(28-15)30(5)21(31)13-16-7-9-17(10-8-16)19-14-18(26)11-12-20(19)27/h7-12,14H,13H2,1-6H3/i1D3. The molecule has 0 radical (unpaired) electrons. The molecule has 2 amide bonds. The maximum absolute atomic E-state index is 14.1. The van der Waals surface area contributed by atoms with Crippen LogP contribution in [0.25, 0.3) is 11.1 Å². The molecule has 192 valence electrons. The van der Waals surface area contributed by atoms with Crippen molar-refractivity contribution in [3.05, 3.63) is 65.4 Å². The number of amides is 2. The van der Waals surface area contributed by atoms with Gasteiger partial charge in [0.25, 0.3) is 0 Å². The number of carbonyl (C=O) groups is 2. The minimum Gasteiger partial charge on any atom is -0.442 e. The lowest BCUT2D eigenvalue weighted by Gasteiger charge is -2.17. The third-order valence-electron chi connectivity index (χ3n) is 4.78. The Morgan fingerprint density at radius 1 is 1.19 bits per heavy atom. The van der Waals surface area contributed by atoms with Crippen LogP contribution in [0.2, 0.25) is 0 Å². The summed E-state index contributed by atoms with van der Waals surface area (Å²) in [5, 5.41) is -0.0476. The second-order valence-electron chi connectivity index (χ2n) is 8.96. The fourth-order valence-electron chi connectivity index (χ4n) is 3.08. The Balaban J connectivity index is 1.87. The molecule has 11 heteroatoms. The zero-order chi connectivity index (χ0) is 29.3. The molecular formula is C25H27F2N3O4S2. The number of halogens is 2. The number of ether oxygens (including phenoxy) is 1. The van der Waals surface area contributed by atoms with Crippen LogP contribution in [-0.4, -0.2) is 40.1 Å². The minimum atomic E-state index is -3.58. The van der Waals surface area contributed by atoms with E-state index in [9.17, 15) is 22.6 Å². The van der Waals surface area contributed by atoms with Gasteiger partial charge in [0.1, 0.15) is 21.4 Å². The number of benzene rings is 2. The zero-order valence-electron chi connectivity index (χ0n) is 23.3. The topological polar surface area (TPSA) is 88.9 Å². The molecule has 0 saturated carbocycles. The van der Waals surface area contributed by atoms with Gasteiger partial charge in [0.05, 0.1) is 21.8 Å². The normalized spacial score (nSPS) is 14.7. The van der Waals surface area contributed by atoms with Crippen LogP contribution in [0, 0.1) is 18.5 Å². The lowest BCUT2D eigenvalue weighted by Crippen LogP contribution is -2.27. The summed E-state index contributed by atoms with van der Waals surface area (Å²) in [6.45, 7) is 2.01. The van der Waals surface area contributed by atoms with E-state index in [0.29, 0.717) is 22.5 Å². The number of thiazole rings is 1. The monoisotopic (exact) mass is 538 g/mol. The fourth-order valence-corrected chi connectivity index (χ4v) is 5.53. The quantitative estimate of drug-likeness (QED) is 0.398. The molecule has 0 bridgehead atoms. The molecule has 0 saturated heterocycles. The molecule has 0 aliphatic rings. The van der Waals surface area contributed by atoms with Gasteiger partial charge in [-0.25, -0.2) is 22.8 Å². The van der Waals surface area contributed by atoms with Crippen LogP contribution in [0.4, 0.5) is 18.7 Å². The molecule has 3 rings (SSSR count). The van der Waals surface area contributed by atoms with Crippen LogP contribution in [0.3, 0.4) is 0 Å².